The maximum absolute atomic E-state index is 12.3. The number of hydrogen-bond donors (Lipinski definition) is 1. The van der Waals surface area contributed by atoms with Crippen LogP contribution in [0.15, 0.2) is 30.6 Å². The number of aromatic nitrogens is 2. The lowest BCUT2D eigenvalue weighted by Crippen LogP contribution is -2.35. The molecule has 7 nitrogen and oxygen atoms in total. The zero-order valence-electron chi connectivity index (χ0n) is 16.8. The number of hydrogen-bond acceptors (Lipinski definition) is 6. The second-order valence-corrected chi connectivity index (χ2v) is 7.15. The molecule has 150 valence electrons. The number of nitrogens with zero attached hydrogens (tertiary/aromatic N) is 3. The normalized spacial score (nSPS) is 16.5. The lowest BCUT2D eigenvalue weighted by Gasteiger charge is -2.31. The molecule has 1 aliphatic rings. The molecule has 3 rings (SSSR count). The van der Waals surface area contributed by atoms with Crippen LogP contribution in [0.5, 0.6) is 11.5 Å². The standard InChI is InChI=1S/C21H28N4O3/c1-15-5-4-10-25(14-15)20-13-23-17(12-24-20)21(26)22-9-8-16-6-7-18(27-2)19(11-16)28-3/h6-7,11-13,15H,4-5,8-10,14H2,1-3H3,(H,22,26). The molecule has 2 aromatic rings. The Morgan fingerprint density at radius 2 is 2.04 bits per heavy atom. The molecule has 0 saturated carbocycles. The van der Waals surface area contributed by atoms with Crippen LogP contribution in [0.3, 0.4) is 0 Å². The van der Waals surface area contributed by atoms with Crippen molar-refractivity contribution in [2.75, 3.05) is 38.8 Å². The van der Waals surface area contributed by atoms with Crippen molar-refractivity contribution in [1.82, 2.24) is 15.3 Å². The lowest BCUT2D eigenvalue weighted by molar-refractivity contribution is 0.0949. The molecular formula is C21H28N4O3. The summed E-state index contributed by atoms with van der Waals surface area (Å²) in [4.78, 5) is 23.3. The number of carbonyl (C=O) groups is 1. The third-order valence-electron chi connectivity index (χ3n) is 5.00. The molecule has 1 fully saturated rings. The second-order valence-electron chi connectivity index (χ2n) is 7.15. The Bertz CT molecular complexity index is 795. The molecule has 1 aromatic carbocycles. The highest BCUT2D eigenvalue weighted by atomic mass is 16.5. The number of benzene rings is 1. The Morgan fingerprint density at radius 1 is 1.21 bits per heavy atom. The molecule has 1 atom stereocenters. The molecule has 1 aromatic heterocycles. The van der Waals surface area contributed by atoms with E-state index in [0.29, 0.717) is 36.1 Å². The quantitative estimate of drug-likeness (QED) is 0.791. The van der Waals surface area contributed by atoms with E-state index in [9.17, 15) is 4.79 Å². The monoisotopic (exact) mass is 384 g/mol. The van der Waals surface area contributed by atoms with Crippen molar-refractivity contribution in [3.8, 4) is 11.5 Å². The smallest absolute Gasteiger partial charge is 0.271 e. The molecular weight excluding hydrogens is 356 g/mol. The summed E-state index contributed by atoms with van der Waals surface area (Å²) in [6.07, 6.45) is 6.36. The van der Waals surface area contributed by atoms with Gasteiger partial charge in [0.05, 0.1) is 26.6 Å². The largest absolute Gasteiger partial charge is 0.493 e. The molecule has 7 heteroatoms. The van der Waals surface area contributed by atoms with Crippen LogP contribution in [0.1, 0.15) is 35.8 Å². The first-order valence-electron chi connectivity index (χ1n) is 9.66. The van der Waals surface area contributed by atoms with Crippen LogP contribution in [0, 0.1) is 5.92 Å². The van der Waals surface area contributed by atoms with Gasteiger partial charge in [-0.3, -0.25) is 4.79 Å². The van der Waals surface area contributed by atoms with Crippen LogP contribution in [-0.4, -0.2) is 49.7 Å². The molecule has 0 radical (unpaired) electrons. The van der Waals surface area contributed by atoms with Crippen LogP contribution in [0.25, 0.3) is 0 Å². The highest BCUT2D eigenvalue weighted by molar-refractivity contribution is 5.92. The number of piperidine rings is 1. The third kappa shape index (κ3) is 4.91. The van der Waals surface area contributed by atoms with E-state index < -0.39 is 0 Å². The Kier molecular flexibility index (Phi) is 6.68. The molecule has 1 saturated heterocycles. The van der Waals surface area contributed by atoms with Crippen LogP contribution >= 0.6 is 0 Å². The molecule has 1 N–H and O–H groups in total. The number of methoxy groups -OCH3 is 2. The van der Waals surface area contributed by atoms with E-state index in [1.165, 1.54) is 12.8 Å². The lowest BCUT2D eigenvalue weighted by atomic mass is 10.0. The zero-order chi connectivity index (χ0) is 19.9. The predicted octanol–water partition coefficient (Wildman–Crippen LogP) is 2.70. The number of anilines is 1. The minimum absolute atomic E-state index is 0.216. The number of nitrogens with one attached hydrogen (secondary N) is 1. The Labute approximate surface area is 166 Å². The number of carbonyl (C=O) groups excluding carboxylic acids is 1. The Morgan fingerprint density at radius 3 is 2.71 bits per heavy atom. The van der Waals surface area contributed by atoms with Crippen molar-refractivity contribution in [2.24, 2.45) is 5.92 Å². The highest BCUT2D eigenvalue weighted by Gasteiger charge is 2.18. The van der Waals surface area contributed by atoms with Crippen molar-refractivity contribution in [2.45, 2.75) is 26.2 Å². The average Bonchev–Trinajstić information content (AvgIpc) is 2.73. The van der Waals surface area contributed by atoms with Crippen molar-refractivity contribution in [1.29, 1.82) is 0 Å². The van der Waals surface area contributed by atoms with Gasteiger partial charge in [0.15, 0.2) is 11.5 Å². The highest BCUT2D eigenvalue weighted by Crippen LogP contribution is 2.27. The van der Waals surface area contributed by atoms with Gasteiger partial charge in [-0.1, -0.05) is 13.0 Å². The zero-order valence-corrected chi connectivity index (χ0v) is 16.8. The fraction of sp³-hybridized carbons (Fsp3) is 0.476. The summed E-state index contributed by atoms with van der Waals surface area (Å²) in [6, 6.07) is 5.74. The van der Waals surface area contributed by atoms with E-state index in [0.717, 1.165) is 24.5 Å². The van der Waals surface area contributed by atoms with Gasteiger partial charge < -0.3 is 19.7 Å². The van der Waals surface area contributed by atoms with Gasteiger partial charge in [-0.05, 0) is 42.9 Å². The van der Waals surface area contributed by atoms with Crippen LogP contribution < -0.4 is 19.7 Å². The maximum atomic E-state index is 12.3. The first-order valence-corrected chi connectivity index (χ1v) is 9.66. The minimum Gasteiger partial charge on any atom is -0.493 e. The van der Waals surface area contributed by atoms with E-state index in [2.05, 4.69) is 27.1 Å². The summed E-state index contributed by atoms with van der Waals surface area (Å²) in [5.41, 5.74) is 1.39. The number of rotatable bonds is 7. The van der Waals surface area contributed by atoms with Crippen molar-refractivity contribution < 1.29 is 14.3 Å². The summed E-state index contributed by atoms with van der Waals surface area (Å²) in [7, 11) is 3.21. The first-order chi connectivity index (χ1) is 13.6. The first kappa shape index (κ1) is 19.9. The maximum Gasteiger partial charge on any atom is 0.271 e. The van der Waals surface area contributed by atoms with Crippen LogP contribution in [-0.2, 0) is 6.42 Å². The second kappa shape index (κ2) is 9.39. The van der Waals surface area contributed by atoms with E-state index in [4.69, 9.17) is 9.47 Å². The minimum atomic E-state index is -0.216. The summed E-state index contributed by atoms with van der Waals surface area (Å²) in [6.45, 7) is 4.74. The van der Waals surface area contributed by atoms with Crippen molar-refractivity contribution in [3.63, 3.8) is 0 Å². The Hall–Kier alpha value is -2.83. The predicted molar refractivity (Wildman–Crippen MR) is 108 cm³/mol. The SMILES string of the molecule is COc1ccc(CCNC(=O)c2cnc(N3CCCC(C)C3)cn2)cc1OC. The number of ether oxygens (including phenoxy) is 2. The summed E-state index contributed by atoms with van der Waals surface area (Å²) < 4.78 is 10.5. The summed E-state index contributed by atoms with van der Waals surface area (Å²) >= 11 is 0. The van der Waals surface area contributed by atoms with Gasteiger partial charge in [0.25, 0.3) is 5.91 Å². The van der Waals surface area contributed by atoms with Crippen molar-refractivity contribution in [3.05, 3.63) is 41.9 Å². The van der Waals surface area contributed by atoms with E-state index >= 15 is 0 Å². The topological polar surface area (TPSA) is 76.6 Å². The van der Waals surface area contributed by atoms with Crippen molar-refractivity contribution >= 4 is 11.7 Å². The van der Waals surface area contributed by atoms with E-state index in [1.807, 2.05) is 18.2 Å². The van der Waals surface area contributed by atoms with E-state index in [1.54, 1.807) is 26.6 Å². The summed E-state index contributed by atoms with van der Waals surface area (Å²) in [5, 5.41) is 2.89. The molecule has 0 aliphatic carbocycles. The van der Waals surface area contributed by atoms with Gasteiger partial charge >= 0.3 is 0 Å². The van der Waals surface area contributed by atoms with Gasteiger partial charge in [-0.15, -0.1) is 0 Å². The molecule has 1 unspecified atom stereocenters. The van der Waals surface area contributed by atoms with Crippen LogP contribution in [0.4, 0.5) is 5.82 Å². The van der Waals surface area contributed by atoms with Crippen LogP contribution in [0.2, 0.25) is 0 Å². The average molecular weight is 384 g/mol. The van der Waals surface area contributed by atoms with E-state index in [-0.39, 0.29) is 5.91 Å². The molecule has 0 spiro atoms. The molecule has 1 aliphatic heterocycles. The van der Waals surface area contributed by atoms with Gasteiger partial charge in [-0.25, -0.2) is 9.97 Å². The molecule has 2 heterocycles. The van der Waals surface area contributed by atoms with Gasteiger partial charge in [0.1, 0.15) is 11.5 Å². The van der Waals surface area contributed by atoms with Gasteiger partial charge in [0.2, 0.25) is 0 Å². The summed E-state index contributed by atoms with van der Waals surface area (Å²) in [5.74, 6) is 2.66. The number of amides is 1. The third-order valence-corrected chi connectivity index (χ3v) is 5.00. The molecule has 0 bridgehead atoms. The Balaban J connectivity index is 1.52. The van der Waals surface area contributed by atoms with Gasteiger partial charge in [-0.2, -0.15) is 0 Å². The fourth-order valence-corrected chi connectivity index (χ4v) is 3.45. The van der Waals surface area contributed by atoms with Gasteiger partial charge in [0, 0.05) is 19.6 Å². The molecule has 1 amide bonds. The molecule has 28 heavy (non-hydrogen) atoms. The fourth-order valence-electron chi connectivity index (χ4n) is 3.45.